The number of carbonyl (C=O) groups is 2. The molecule has 3 aliphatic rings. The van der Waals surface area contributed by atoms with Crippen molar-refractivity contribution < 1.29 is 19.4 Å². The number of rotatable bonds is 4. The zero-order valence-corrected chi connectivity index (χ0v) is 11.7. The molecule has 1 amide bonds. The minimum absolute atomic E-state index is 0.0191. The van der Waals surface area contributed by atoms with Crippen molar-refractivity contribution in [2.75, 3.05) is 6.61 Å². The first-order chi connectivity index (χ1) is 9.65. The Bertz CT molecular complexity index is 391. The van der Waals surface area contributed by atoms with Crippen LogP contribution < -0.4 is 5.32 Å². The predicted molar refractivity (Wildman–Crippen MR) is 72.1 cm³/mol. The number of hydrogen-bond acceptors (Lipinski definition) is 3. The molecular formula is C15H23NO4. The van der Waals surface area contributed by atoms with Gasteiger partial charge in [-0.25, -0.2) is 0 Å². The normalized spacial score (nSPS) is 39.7. The van der Waals surface area contributed by atoms with Gasteiger partial charge in [0.15, 0.2) is 0 Å². The third-order valence-electron chi connectivity index (χ3n) is 5.22. The van der Waals surface area contributed by atoms with Gasteiger partial charge in [0, 0.05) is 12.6 Å². The van der Waals surface area contributed by atoms with Crippen LogP contribution in [-0.2, 0) is 14.3 Å². The number of fused-ring (bicyclic) bond motifs is 2. The van der Waals surface area contributed by atoms with Crippen LogP contribution in [0, 0.1) is 17.8 Å². The fraction of sp³-hybridized carbons (Fsp3) is 0.867. The Morgan fingerprint density at radius 1 is 1.15 bits per heavy atom. The van der Waals surface area contributed by atoms with Gasteiger partial charge < -0.3 is 15.2 Å². The van der Waals surface area contributed by atoms with Gasteiger partial charge in [0.05, 0.1) is 18.4 Å². The molecule has 0 radical (unpaired) electrons. The molecular weight excluding hydrogens is 258 g/mol. The van der Waals surface area contributed by atoms with Gasteiger partial charge in [-0.3, -0.25) is 9.59 Å². The Hall–Kier alpha value is -1.10. The molecule has 2 saturated carbocycles. The van der Waals surface area contributed by atoms with Crippen molar-refractivity contribution in [3.05, 3.63) is 0 Å². The highest BCUT2D eigenvalue weighted by molar-refractivity contribution is 5.79. The summed E-state index contributed by atoms with van der Waals surface area (Å²) >= 11 is 0. The van der Waals surface area contributed by atoms with Gasteiger partial charge in [0.1, 0.15) is 0 Å². The van der Waals surface area contributed by atoms with E-state index in [2.05, 4.69) is 5.32 Å². The number of amides is 1. The molecule has 5 atom stereocenters. The molecule has 5 heteroatoms. The first-order valence-electron chi connectivity index (χ1n) is 7.79. The van der Waals surface area contributed by atoms with E-state index in [0.717, 1.165) is 45.1 Å². The minimum Gasteiger partial charge on any atom is -0.481 e. The molecule has 20 heavy (non-hydrogen) atoms. The quantitative estimate of drug-likeness (QED) is 0.820. The van der Waals surface area contributed by atoms with Crippen LogP contribution in [0.5, 0.6) is 0 Å². The Labute approximate surface area is 119 Å². The number of aliphatic carboxylic acids is 1. The van der Waals surface area contributed by atoms with E-state index in [1.165, 1.54) is 0 Å². The average Bonchev–Trinajstić information content (AvgIpc) is 3.00. The zero-order chi connectivity index (χ0) is 14.1. The maximum absolute atomic E-state index is 12.1. The van der Waals surface area contributed by atoms with E-state index in [1.54, 1.807) is 0 Å². The predicted octanol–water partition coefficient (Wildman–Crippen LogP) is 1.56. The molecule has 3 rings (SSSR count). The van der Waals surface area contributed by atoms with Crippen molar-refractivity contribution >= 4 is 11.9 Å². The molecule has 1 saturated heterocycles. The van der Waals surface area contributed by atoms with Crippen LogP contribution in [0.4, 0.5) is 0 Å². The van der Waals surface area contributed by atoms with Crippen molar-refractivity contribution in [1.82, 2.24) is 5.32 Å². The molecule has 2 N–H and O–H groups in total. The van der Waals surface area contributed by atoms with E-state index in [9.17, 15) is 14.7 Å². The van der Waals surface area contributed by atoms with Crippen molar-refractivity contribution in [3.63, 3.8) is 0 Å². The first kappa shape index (κ1) is 13.9. The summed E-state index contributed by atoms with van der Waals surface area (Å²) in [5.74, 6) is -0.562. The lowest BCUT2D eigenvalue weighted by Gasteiger charge is -2.30. The van der Waals surface area contributed by atoms with Gasteiger partial charge in [-0.05, 0) is 50.4 Å². The van der Waals surface area contributed by atoms with Crippen molar-refractivity contribution in [3.8, 4) is 0 Å². The van der Waals surface area contributed by atoms with E-state index in [0.29, 0.717) is 12.3 Å². The molecule has 0 aromatic heterocycles. The van der Waals surface area contributed by atoms with E-state index >= 15 is 0 Å². The lowest BCUT2D eigenvalue weighted by atomic mass is 9.84. The van der Waals surface area contributed by atoms with Crippen LogP contribution in [0.1, 0.15) is 44.9 Å². The van der Waals surface area contributed by atoms with Gasteiger partial charge in [-0.15, -0.1) is 0 Å². The van der Waals surface area contributed by atoms with Gasteiger partial charge >= 0.3 is 5.97 Å². The molecule has 2 bridgehead atoms. The molecule has 5 unspecified atom stereocenters. The third-order valence-corrected chi connectivity index (χ3v) is 5.22. The number of hydrogen-bond donors (Lipinski definition) is 2. The van der Waals surface area contributed by atoms with Crippen LogP contribution >= 0.6 is 0 Å². The number of ether oxygens (including phenoxy) is 1. The van der Waals surface area contributed by atoms with Gasteiger partial charge in [-0.1, -0.05) is 0 Å². The van der Waals surface area contributed by atoms with Crippen LogP contribution in [0.25, 0.3) is 0 Å². The molecule has 112 valence electrons. The van der Waals surface area contributed by atoms with Crippen LogP contribution in [0.2, 0.25) is 0 Å². The first-order valence-corrected chi connectivity index (χ1v) is 7.79. The highest BCUT2D eigenvalue weighted by Crippen LogP contribution is 2.48. The molecule has 0 spiro atoms. The number of carbonyl (C=O) groups excluding carboxylic acids is 1. The number of carboxylic acid groups (broad SMARTS) is 1. The van der Waals surface area contributed by atoms with Crippen LogP contribution in [-0.4, -0.2) is 35.7 Å². The fourth-order valence-corrected chi connectivity index (χ4v) is 4.27. The lowest BCUT2D eigenvalue weighted by molar-refractivity contribution is -0.144. The van der Waals surface area contributed by atoms with Gasteiger partial charge in [0.25, 0.3) is 0 Å². The third kappa shape index (κ3) is 2.68. The van der Waals surface area contributed by atoms with Crippen molar-refractivity contribution in [1.29, 1.82) is 0 Å². The molecule has 1 heterocycles. The van der Waals surface area contributed by atoms with Crippen molar-refractivity contribution in [2.45, 2.75) is 57.1 Å². The van der Waals surface area contributed by atoms with E-state index < -0.39 is 5.97 Å². The topological polar surface area (TPSA) is 75.6 Å². The van der Waals surface area contributed by atoms with Gasteiger partial charge in [0.2, 0.25) is 5.91 Å². The number of nitrogens with one attached hydrogen (secondary N) is 1. The highest BCUT2D eigenvalue weighted by atomic mass is 16.5. The van der Waals surface area contributed by atoms with E-state index in [4.69, 9.17) is 4.74 Å². The smallest absolute Gasteiger partial charge is 0.308 e. The Balaban J connectivity index is 1.56. The summed E-state index contributed by atoms with van der Waals surface area (Å²) in [5.41, 5.74) is 0. The Morgan fingerprint density at radius 3 is 2.65 bits per heavy atom. The SMILES string of the molecule is O=C(CC1CCCCO1)NC1C2CCC(C2)C1C(=O)O. The monoisotopic (exact) mass is 281 g/mol. The summed E-state index contributed by atoms with van der Waals surface area (Å²) in [5, 5.41) is 12.4. The molecule has 1 aliphatic heterocycles. The molecule has 5 nitrogen and oxygen atoms in total. The summed E-state index contributed by atoms with van der Waals surface area (Å²) in [6.45, 7) is 0.740. The van der Waals surface area contributed by atoms with Crippen LogP contribution in [0.3, 0.4) is 0 Å². The van der Waals surface area contributed by atoms with E-state index in [1.807, 2.05) is 0 Å². The maximum Gasteiger partial charge on any atom is 0.308 e. The summed E-state index contributed by atoms with van der Waals surface area (Å²) in [6.07, 6.45) is 6.54. The zero-order valence-electron chi connectivity index (χ0n) is 11.7. The molecule has 0 aromatic carbocycles. The van der Waals surface area contributed by atoms with Gasteiger partial charge in [-0.2, -0.15) is 0 Å². The second-order valence-electron chi connectivity index (χ2n) is 6.48. The largest absolute Gasteiger partial charge is 0.481 e. The van der Waals surface area contributed by atoms with Crippen molar-refractivity contribution in [2.24, 2.45) is 17.8 Å². The molecule has 0 aromatic rings. The fourth-order valence-electron chi connectivity index (χ4n) is 4.27. The minimum atomic E-state index is -0.753. The maximum atomic E-state index is 12.1. The average molecular weight is 281 g/mol. The Morgan fingerprint density at radius 2 is 1.95 bits per heavy atom. The van der Waals surface area contributed by atoms with Crippen LogP contribution in [0.15, 0.2) is 0 Å². The van der Waals surface area contributed by atoms with E-state index in [-0.39, 0.29) is 29.9 Å². The standard InChI is InChI=1S/C15H23NO4/c17-12(8-11-3-1-2-6-20-11)16-14-10-5-4-9(7-10)13(14)15(18)19/h9-11,13-14H,1-8H2,(H,16,17)(H,18,19). The molecule has 2 aliphatic carbocycles. The summed E-state index contributed by atoms with van der Waals surface area (Å²) < 4.78 is 5.57. The summed E-state index contributed by atoms with van der Waals surface area (Å²) in [6, 6.07) is -0.164. The lowest BCUT2D eigenvalue weighted by Crippen LogP contribution is -2.47. The second-order valence-corrected chi connectivity index (χ2v) is 6.48. The number of carboxylic acids is 1. The Kier molecular flexibility index (Phi) is 3.96. The molecule has 3 fully saturated rings. The highest BCUT2D eigenvalue weighted by Gasteiger charge is 2.51. The second kappa shape index (κ2) is 5.72. The summed E-state index contributed by atoms with van der Waals surface area (Å²) in [4.78, 5) is 23.5. The summed E-state index contributed by atoms with van der Waals surface area (Å²) in [7, 11) is 0.